The molecule has 1 atom stereocenters. The van der Waals surface area contributed by atoms with Crippen LogP contribution in [0.2, 0.25) is 0 Å². The van der Waals surface area contributed by atoms with Crippen molar-refractivity contribution in [3.8, 4) is 5.75 Å². The van der Waals surface area contributed by atoms with Crippen molar-refractivity contribution in [3.63, 3.8) is 0 Å². The zero-order valence-corrected chi connectivity index (χ0v) is 10.3. The molecule has 0 heterocycles. The van der Waals surface area contributed by atoms with Crippen molar-refractivity contribution in [2.24, 2.45) is 0 Å². The summed E-state index contributed by atoms with van der Waals surface area (Å²) < 4.78 is 5.00. The molecule has 0 aliphatic heterocycles. The molecule has 0 bridgehead atoms. The van der Waals surface area contributed by atoms with Gasteiger partial charge in [-0.15, -0.1) is 0 Å². The Morgan fingerprint density at radius 1 is 1.35 bits per heavy atom. The lowest BCUT2D eigenvalue weighted by atomic mass is 9.92. The van der Waals surface area contributed by atoms with Gasteiger partial charge in [0.15, 0.2) is 0 Å². The van der Waals surface area contributed by atoms with Gasteiger partial charge in [0.05, 0.1) is 19.4 Å². The van der Waals surface area contributed by atoms with Crippen molar-refractivity contribution in [3.05, 3.63) is 29.8 Å². The molecule has 4 nitrogen and oxygen atoms in total. The predicted molar refractivity (Wildman–Crippen MR) is 66.8 cm³/mol. The molecule has 1 aromatic carbocycles. The first-order valence-electron chi connectivity index (χ1n) is 5.07. The monoisotopic (exact) mass is 254 g/mol. The van der Waals surface area contributed by atoms with Gasteiger partial charge in [0, 0.05) is 5.75 Å². The Hall–Kier alpha value is -1.49. The number of thiol groups is 1. The van der Waals surface area contributed by atoms with E-state index >= 15 is 0 Å². The van der Waals surface area contributed by atoms with Crippen LogP contribution in [0, 0.1) is 0 Å². The molecule has 1 rings (SSSR count). The fourth-order valence-electron chi connectivity index (χ4n) is 1.54. The van der Waals surface area contributed by atoms with Gasteiger partial charge in [-0.2, -0.15) is 12.6 Å². The van der Waals surface area contributed by atoms with Crippen LogP contribution in [0.5, 0.6) is 5.75 Å². The largest absolute Gasteiger partial charge is 0.497 e. The van der Waals surface area contributed by atoms with Gasteiger partial charge < -0.3 is 9.84 Å². The molecule has 0 aliphatic rings. The van der Waals surface area contributed by atoms with E-state index < -0.39 is 11.9 Å². The lowest BCUT2D eigenvalue weighted by Crippen LogP contribution is -2.17. The van der Waals surface area contributed by atoms with Crippen LogP contribution in [0.15, 0.2) is 24.3 Å². The zero-order chi connectivity index (χ0) is 12.8. The number of carbonyl (C=O) groups is 2. The second-order valence-corrected chi connectivity index (χ2v) is 3.86. The van der Waals surface area contributed by atoms with Gasteiger partial charge >= 0.3 is 5.97 Å². The highest BCUT2D eigenvalue weighted by atomic mass is 32.1. The topological polar surface area (TPSA) is 63.6 Å². The number of rotatable bonds is 6. The Morgan fingerprint density at radius 3 is 2.35 bits per heavy atom. The van der Waals surface area contributed by atoms with Gasteiger partial charge in [-0.05, 0) is 17.7 Å². The first-order valence-corrected chi connectivity index (χ1v) is 5.71. The zero-order valence-electron chi connectivity index (χ0n) is 9.42. The summed E-state index contributed by atoms with van der Waals surface area (Å²) in [6.45, 7) is 0. The number of benzene rings is 1. The fraction of sp³-hybridized carbons (Fsp3) is 0.333. The Labute approximate surface area is 105 Å². The molecule has 92 valence electrons. The van der Waals surface area contributed by atoms with Gasteiger partial charge in [0.2, 0.25) is 0 Å². The fourth-order valence-corrected chi connectivity index (χ4v) is 1.76. The van der Waals surface area contributed by atoms with E-state index in [1.807, 2.05) is 0 Å². The van der Waals surface area contributed by atoms with Crippen molar-refractivity contribution in [2.75, 3.05) is 12.9 Å². The number of carboxylic acids is 1. The maximum Gasteiger partial charge on any atom is 0.304 e. The summed E-state index contributed by atoms with van der Waals surface area (Å²) >= 11 is 3.90. The van der Waals surface area contributed by atoms with Gasteiger partial charge in [-0.3, -0.25) is 9.59 Å². The molecule has 0 spiro atoms. The summed E-state index contributed by atoms with van der Waals surface area (Å²) in [5, 5.41) is 8.79. The number of carboxylic acid groups (broad SMARTS) is 1. The number of Topliss-reactive ketones (excluding diaryl/α,β-unsaturated/α-hetero) is 1. The van der Waals surface area contributed by atoms with Crippen LogP contribution in [0.25, 0.3) is 0 Å². The van der Waals surface area contributed by atoms with Crippen molar-refractivity contribution in [1.82, 2.24) is 0 Å². The second kappa shape index (κ2) is 6.30. The standard InChI is InChI=1S/C12H14O4S/c1-16-9-4-2-8(3-5-9)10(6-12(14)15)11(13)7-17/h2-5,10,17H,6-7H2,1H3,(H,14,15)/t10-/m0/s1. The van der Waals surface area contributed by atoms with Crippen molar-refractivity contribution in [2.45, 2.75) is 12.3 Å². The normalized spacial score (nSPS) is 11.9. The quantitative estimate of drug-likeness (QED) is 0.759. The molecule has 0 aliphatic carbocycles. The van der Waals surface area contributed by atoms with E-state index in [0.717, 1.165) is 0 Å². The van der Waals surface area contributed by atoms with Crippen LogP contribution in [0.1, 0.15) is 17.9 Å². The number of methoxy groups -OCH3 is 1. The van der Waals surface area contributed by atoms with E-state index in [-0.39, 0.29) is 18.0 Å². The summed E-state index contributed by atoms with van der Waals surface area (Å²) in [5.74, 6) is -1.14. The number of aliphatic carboxylic acids is 1. The third kappa shape index (κ3) is 3.78. The maximum atomic E-state index is 11.6. The van der Waals surface area contributed by atoms with Gasteiger partial charge in [0.1, 0.15) is 11.5 Å². The van der Waals surface area contributed by atoms with E-state index in [1.54, 1.807) is 31.4 Å². The molecule has 0 radical (unpaired) electrons. The minimum absolute atomic E-state index is 0.0317. The molecule has 0 saturated carbocycles. The predicted octanol–water partition coefficient (Wildman–Crippen LogP) is 1.75. The average molecular weight is 254 g/mol. The van der Waals surface area contributed by atoms with Gasteiger partial charge in [-0.1, -0.05) is 12.1 Å². The highest BCUT2D eigenvalue weighted by Gasteiger charge is 2.22. The number of ketones is 1. The molecule has 1 N–H and O–H groups in total. The van der Waals surface area contributed by atoms with E-state index in [4.69, 9.17) is 9.84 Å². The molecule has 0 fully saturated rings. The van der Waals surface area contributed by atoms with Crippen LogP contribution < -0.4 is 4.74 Å². The third-order valence-corrected chi connectivity index (χ3v) is 2.75. The summed E-state index contributed by atoms with van der Waals surface area (Å²) in [6.07, 6.45) is -0.217. The molecule has 1 aromatic rings. The smallest absolute Gasteiger partial charge is 0.304 e. The first-order chi connectivity index (χ1) is 8.08. The number of hydrogen-bond acceptors (Lipinski definition) is 4. The molecule has 0 amide bonds. The number of carbonyl (C=O) groups excluding carboxylic acids is 1. The number of hydrogen-bond donors (Lipinski definition) is 2. The second-order valence-electron chi connectivity index (χ2n) is 3.55. The molecule has 5 heteroatoms. The highest BCUT2D eigenvalue weighted by Crippen LogP contribution is 2.23. The highest BCUT2D eigenvalue weighted by molar-refractivity contribution is 7.81. The van der Waals surface area contributed by atoms with Gasteiger partial charge in [0.25, 0.3) is 0 Å². The van der Waals surface area contributed by atoms with Crippen molar-refractivity contribution < 1.29 is 19.4 Å². The van der Waals surface area contributed by atoms with E-state index in [9.17, 15) is 9.59 Å². The third-order valence-electron chi connectivity index (χ3n) is 2.44. The lowest BCUT2D eigenvalue weighted by molar-refractivity contribution is -0.139. The summed E-state index contributed by atoms with van der Waals surface area (Å²) in [5.41, 5.74) is 0.673. The Balaban J connectivity index is 2.95. The maximum absolute atomic E-state index is 11.6. The van der Waals surface area contributed by atoms with Crippen LogP contribution in [0.4, 0.5) is 0 Å². The minimum atomic E-state index is -0.999. The van der Waals surface area contributed by atoms with Crippen LogP contribution in [0.3, 0.4) is 0 Å². The molecule has 0 saturated heterocycles. The minimum Gasteiger partial charge on any atom is -0.497 e. The molecular weight excluding hydrogens is 240 g/mol. The van der Waals surface area contributed by atoms with Crippen LogP contribution in [-0.4, -0.2) is 29.7 Å². The van der Waals surface area contributed by atoms with E-state index in [1.165, 1.54) is 0 Å². The Kier molecular flexibility index (Phi) is 5.03. The molecule has 17 heavy (non-hydrogen) atoms. The molecule has 0 aromatic heterocycles. The Bertz CT molecular complexity index is 399. The van der Waals surface area contributed by atoms with Crippen LogP contribution in [-0.2, 0) is 9.59 Å². The van der Waals surface area contributed by atoms with E-state index in [0.29, 0.717) is 11.3 Å². The SMILES string of the molecule is COc1ccc([C@H](CC(=O)O)C(=O)CS)cc1. The van der Waals surface area contributed by atoms with Crippen molar-refractivity contribution in [1.29, 1.82) is 0 Å². The molecular formula is C12H14O4S. The van der Waals surface area contributed by atoms with Crippen LogP contribution >= 0.6 is 12.6 Å². The first kappa shape index (κ1) is 13.6. The summed E-state index contributed by atoms with van der Waals surface area (Å²) in [4.78, 5) is 22.4. The lowest BCUT2D eigenvalue weighted by Gasteiger charge is -2.13. The Morgan fingerprint density at radius 2 is 1.94 bits per heavy atom. The van der Waals surface area contributed by atoms with Crippen molar-refractivity contribution >= 4 is 24.4 Å². The summed E-state index contributed by atoms with van der Waals surface area (Å²) in [7, 11) is 1.54. The number of ether oxygens (including phenoxy) is 1. The molecule has 0 unspecified atom stereocenters. The van der Waals surface area contributed by atoms with E-state index in [2.05, 4.69) is 12.6 Å². The summed E-state index contributed by atoms with van der Waals surface area (Å²) in [6, 6.07) is 6.81. The van der Waals surface area contributed by atoms with Gasteiger partial charge in [-0.25, -0.2) is 0 Å². The average Bonchev–Trinajstić information content (AvgIpc) is 2.35.